The van der Waals surface area contributed by atoms with Gasteiger partial charge in [-0.05, 0) is 145 Å². The molecule has 0 aliphatic carbocycles. The highest BCUT2D eigenvalue weighted by molar-refractivity contribution is 5.89. The van der Waals surface area contributed by atoms with Crippen LogP contribution in [0.15, 0.2) is 146 Å². The first kappa shape index (κ1) is 65.3. The number of carbonyl (C=O) groups is 6. The van der Waals surface area contributed by atoms with E-state index in [1.54, 1.807) is 72.8 Å². The van der Waals surface area contributed by atoms with Crippen LogP contribution in [0.3, 0.4) is 0 Å². The number of benzene rings is 6. The van der Waals surface area contributed by atoms with Gasteiger partial charge in [0, 0.05) is 0 Å². The predicted octanol–water partition coefficient (Wildman–Crippen LogP) is 11.8. The number of halogens is 3. The SMILES string of the molecule is CC(C)C(OCc1cccc(F)c1)C(=O)N[C@@H](C)c1ccc(C(=O)O)cc1.CC(C)C(OCc1cccc(F)c1)C(=O)N[C@@H](C)c1ccc(C(=O)O)cc1.CC(C)C(OCc1cccc(F)c1)C(=O)N[C@@H](C)c1ccc(C(=O)O)cc1. The molecule has 0 spiro atoms. The molecule has 0 aliphatic rings. The molecule has 6 atom stereocenters. The number of carbonyl (C=O) groups excluding carboxylic acids is 3. The molecule has 0 bridgehead atoms. The van der Waals surface area contributed by atoms with Gasteiger partial charge in [0.25, 0.3) is 0 Å². The van der Waals surface area contributed by atoms with Crippen molar-refractivity contribution in [3.63, 3.8) is 0 Å². The molecule has 81 heavy (non-hydrogen) atoms. The molecule has 15 nitrogen and oxygen atoms in total. The molecule has 0 saturated heterocycles. The summed E-state index contributed by atoms with van der Waals surface area (Å²) in [5, 5.41) is 35.5. The van der Waals surface area contributed by atoms with Gasteiger partial charge in [0.1, 0.15) is 35.8 Å². The summed E-state index contributed by atoms with van der Waals surface area (Å²) >= 11 is 0. The maximum atomic E-state index is 13.3. The number of amides is 3. The number of carboxylic acids is 3. The highest BCUT2D eigenvalue weighted by Crippen LogP contribution is 2.21. The van der Waals surface area contributed by atoms with Crippen molar-refractivity contribution in [2.24, 2.45) is 17.8 Å². The zero-order valence-corrected chi connectivity index (χ0v) is 46.8. The Labute approximate surface area is 470 Å². The van der Waals surface area contributed by atoms with Crippen LogP contribution in [0.5, 0.6) is 0 Å². The van der Waals surface area contributed by atoms with Crippen molar-refractivity contribution in [3.8, 4) is 0 Å². The number of ether oxygens (including phenoxy) is 3. The van der Waals surface area contributed by atoms with Crippen molar-refractivity contribution < 1.29 is 71.5 Å². The summed E-state index contributed by atoms with van der Waals surface area (Å²) in [7, 11) is 0. The summed E-state index contributed by atoms with van der Waals surface area (Å²) < 4.78 is 57.0. The molecular weight excluding hydrogens is 1050 g/mol. The van der Waals surface area contributed by atoms with Crippen molar-refractivity contribution >= 4 is 35.6 Å². The van der Waals surface area contributed by atoms with Gasteiger partial charge in [-0.15, -0.1) is 0 Å². The second kappa shape index (κ2) is 32.2. The van der Waals surface area contributed by atoms with Crippen molar-refractivity contribution in [3.05, 3.63) is 213 Å². The molecule has 0 fully saturated rings. The number of carboxylic acid groups (broad SMARTS) is 3. The zero-order chi connectivity index (χ0) is 59.9. The van der Waals surface area contributed by atoms with Crippen LogP contribution in [0.1, 0.15) is 145 Å². The molecule has 0 saturated carbocycles. The van der Waals surface area contributed by atoms with Gasteiger partial charge in [-0.2, -0.15) is 0 Å². The smallest absolute Gasteiger partial charge is 0.335 e. The molecule has 0 radical (unpaired) electrons. The average Bonchev–Trinajstić information content (AvgIpc) is 3.41. The quantitative estimate of drug-likeness (QED) is 0.0333. The van der Waals surface area contributed by atoms with Gasteiger partial charge in [-0.25, -0.2) is 27.6 Å². The molecule has 0 aliphatic heterocycles. The van der Waals surface area contributed by atoms with Gasteiger partial charge in [0.05, 0.1) is 54.6 Å². The second-order valence-electron chi connectivity index (χ2n) is 20.3. The highest BCUT2D eigenvalue weighted by atomic mass is 19.1. The van der Waals surface area contributed by atoms with E-state index in [0.29, 0.717) is 16.7 Å². The molecule has 6 aromatic rings. The van der Waals surface area contributed by atoms with Gasteiger partial charge < -0.3 is 45.5 Å². The van der Waals surface area contributed by atoms with Crippen molar-refractivity contribution in [1.29, 1.82) is 0 Å². The van der Waals surface area contributed by atoms with Gasteiger partial charge in [0.15, 0.2) is 0 Å². The Morgan fingerprint density at radius 3 is 0.778 bits per heavy atom. The predicted molar refractivity (Wildman–Crippen MR) is 299 cm³/mol. The number of nitrogens with one attached hydrogen (secondary N) is 3. The first-order valence-electron chi connectivity index (χ1n) is 26.3. The summed E-state index contributed by atoms with van der Waals surface area (Å²) in [5.74, 6) is -5.04. The molecule has 3 amide bonds. The lowest BCUT2D eigenvalue weighted by Gasteiger charge is -2.23. The topological polar surface area (TPSA) is 227 Å². The third kappa shape index (κ3) is 21.8. The van der Waals surface area contributed by atoms with Crippen LogP contribution >= 0.6 is 0 Å². The molecule has 6 aromatic carbocycles. The molecule has 0 aromatic heterocycles. The third-order valence-electron chi connectivity index (χ3n) is 12.6. The Balaban J connectivity index is 0.000000261. The molecule has 6 N–H and O–H groups in total. The minimum Gasteiger partial charge on any atom is -0.478 e. The Morgan fingerprint density at radius 2 is 0.593 bits per heavy atom. The largest absolute Gasteiger partial charge is 0.478 e. The maximum absolute atomic E-state index is 13.3. The van der Waals surface area contributed by atoms with Crippen LogP contribution in [0.4, 0.5) is 13.2 Å². The molecule has 3 unspecified atom stereocenters. The van der Waals surface area contributed by atoms with Crippen LogP contribution in [-0.4, -0.2) is 69.3 Å². The van der Waals surface area contributed by atoms with Gasteiger partial charge >= 0.3 is 17.9 Å². The van der Waals surface area contributed by atoms with Crippen molar-refractivity contribution in [2.45, 2.75) is 119 Å². The van der Waals surface area contributed by atoms with Crippen LogP contribution in [0.2, 0.25) is 0 Å². The fraction of sp³-hybridized carbons (Fsp3) is 0.333. The van der Waals surface area contributed by atoms with Crippen LogP contribution in [0.25, 0.3) is 0 Å². The second-order valence-corrected chi connectivity index (χ2v) is 20.3. The van der Waals surface area contributed by atoms with Crippen LogP contribution in [-0.2, 0) is 48.4 Å². The minimum atomic E-state index is -0.996. The summed E-state index contributed by atoms with van der Waals surface area (Å²) in [6.45, 7) is 17.1. The monoisotopic (exact) mass is 1120 g/mol. The van der Waals surface area contributed by atoms with E-state index in [1.165, 1.54) is 72.8 Å². The number of rotatable bonds is 24. The lowest BCUT2D eigenvalue weighted by Crippen LogP contribution is -2.40. The highest BCUT2D eigenvalue weighted by Gasteiger charge is 2.28. The summed E-state index contributed by atoms with van der Waals surface area (Å²) in [5.41, 5.74) is 4.92. The van der Waals surface area contributed by atoms with Crippen molar-refractivity contribution in [2.75, 3.05) is 0 Å². The molecular formula is C63H72F3N3O12. The van der Waals surface area contributed by atoms with E-state index in [4.69, 9.17) is 29.5 Å². The fourth-order valence-corrected chi connectivity index (χ4v) is 8.03. The summed E-state index contributed by atoms with van der Waals surface area (Å²) in [6.07, 6.45) is -2.06. The van der Waals surface area contributed by atoms with Gasteiger partial charge in [-0.1, -0.05) is 114 Å². The molecule has 432 valence electrons. The van der Waals surface area contributed by atoms with E-state index in [2.05, 4.69) is 16.0 Å². The maximum Gasteiger partial charge on any atom is 0.335 e. The lowest BCUT2D eigenvalue weighted by atomic mass is 10.0. The van der Waals surface area contributed by atoms with E-state index in [0.717, 1.165) is 16.7 Å². The Hall–Kier alpha value is -8.19. The van der Waals surface area contributed by atoms with Crippen molar-refractivity contribution in [1.82, 2.24) is 16.0 Å². The number of hydrogen-bond donors (Lipinski definition) is 6. The van der Waals surface area contributed by atoms with Gasteiger partial charge in [0.2, 0.25) is 17.7 Å². The normalized spacial score (nSPS) is 13.2. The first-order chi connectivity index (χ1) is 38.3. The number of hydrogen-bond acceptors (Lipinski definition) is 9. The number of aromatic carboxylic acids is 3. The summed E-state index contributed by atoms with van der Waals surface area (Å²) in [4.78, 5) is 70.7. The molecule has 6 rings (SSSR count). The molecule has 0 heterocycles. The Morgan fingerprint density at radius 1 is 0.370 bits per heavy atom. The Bertz CT molecular complexity index is 2690. The molecule has 18 heteroatoms. The average molecular weight is 1120 g/mol. The lowest BCUT2D eigenvalue weighted by molar-refractivity contribution is -0.138. The van der Waals surface area contributed by atoms with Gasteiger partial charge in [-0.3, -0.25) is 14.4 Å². The first-order valence-corrected chi connectivity index (χ1v) is 26.3. The fourth-order valence-electron chi connectivity index (χ4n) is 8.03. The summed E-state index contributed by atoms with van der Waals surface area (Å²) in [6, 6.07) is 36.3. The zero-order valence-electron chi connectivity index (χ0n) is 46.8. The third-order valence-corrected chi connectivity index (χ3v) is 12.6. The Kier molecular flexibility index (Phi) is 25.9. The standard InChI is InChI=1S/3C21H24FNO4/c3*1-13(2)19(27-12-15-5-4-6-18(22)11-15)20(24)23-14(3)16-7-9-17(10-8-16)21(25)26/h3*4-11,13-14,19H,12H2,1-3H3,(H,23,24)(H,25,26)/t3*14-,19?/m000/s1. The van der Waals surface area contributed by atoms with E-state index in [-0.39, 0.29) is 108 Å². The van der Waals surface area contributed by atoms with E-state index in [9.17, 15) is 41.9 Å². The van der Waals surface area contributed by atoms with Crippen LogP contribution in [0, 0.1) is 35.2 Å². The van der Waals surface area contributed by atoms with E-state index >= 15 is 0 Å². The minimum absolute atomic E-state index is 0.0693. The van der Waals surface area contributed by atoms with E-state index in [1.807, 2.05) is 62.3 Å². The van der Waals surface area contributed by atoms with Crippen LogP contribution < -0.4 is 16.0 Å². The van der Waals surface area contributed by atoms with E-state index < -0.39 is 36.2 Å².